The number of aliphatic hydroxyl groups excluding tert-OH is 1. The number of nitrogens with zero attached hydrogens (tertiary/aromatic N) is 2. The molecule has 1 aromatic heterocycles. The molecule has 0 unspecified atom stereocenters. The van der Waals surface area contributed by atoms with Crippen molar-refractivity contribution in [2.75, 3.05) is 0 Å². The third-order valence-corrected chi connectivity index (χ3v) is 3.02. The van der Waals surface area contributed by atoms with Gasteiger partial charge in [0.2, 0.25) is 0 Å². The fourth-order valence-electron chi connectivity index (χ4n) is 1.60. The zero-order valence-electron chi connectivity index (χ0n) is 9.24. The van der Waals surface area contributed by atoms with Crippen LogP contribution >= 0.6 is 11.6 Å². The molecule has 0 radical (unpaired) electrons. The fraction of sp³-hybridized carbons (Fsp3) is 0.250. The average molecular weight is 237 g/mol. The molecule has 3 nitrogen and oxygen atoms in total. The Hall–Kier alpha value is -1.32. The van der Waals surface area contributed by atoms with Gasteiger partial charge < -0.3 is 9.67 Å². The van der Waals surface area contributed by atoms with Crippen LogP contribution in [0.15, 0.2) is 24.3 Å². The van der Waals surface area contributed by atoms with E-state index in [2.05, 4.69) is 4.98 Å². The van der Waals surface area contributed by atoms with Gasteiger partial charge in [0.15, 0.2) is 0 Å². The van der Waals surface area contributed by atoms with Crippen LogP contribution in [0.3, 0.4) is 0 Å². The van der Waals surface area contributed by atoms with E-state index in [1.807, 2.05) is 38.2 Å². The minimum absolute atomic E-state index is 0.140. The van der Waals surface area contributed by atoms with Crippen LogP contribution in [-0.4, -0.2) is 14.7 Å². The molecule has 0 spiro atoms. The normalized spacial score (nSPS) is 10.8. The number of imidazole rings is 1. The number of halogens is 1. The molecule has 0 atom stereocenters. The predicted octanol–water partition coefficient (Wildman–Crippen LogP) is 2.54. The fourth-order valence-corrected chi connectivity index (χ4v) is 1.78. The van der Waals surface area contributed by atoms with Crippen LogP contribution in [0.25, 0.3) is 11.4 Å². The van der Waals surface area contributed by atoms with Crippen molar-refractivity contribution in [2.45, 2.75) is 13.5 Å². The van der Waals surface area contributed by atoms with Crippen LogP contribution in [0.1, 0.15) is 11.3 Å². The van der Waals surface area contributed by atoms with E-state index in [1.54, 1.807) is 4.57 Å². The van der Waals surface area contributed by atoms with Gasteiger partial charge in [-0.3, -0.25) is 0 Å². The van der Waals surface area contributed by atoms with Crippen molar-refractivity contribution in [3.05, 3.63) is 40.7 Å². The molecule has 4 heteroatoms. The zero-order valence-corrected chi connectivity index (χ0v) is 9.99. The van der Waals surface area contributed by atoms with Gasteiger partial charge >= 0.3 is 0 Å². The minimum atomic E-state index is -0.140. The molecule has 0 aliphatic heterocycles. The van der Waals surface area contributed by atoms with Crippen LogP contribution in [0, 0.1) is 6.92 Å². The van der Waals surface area contributed by atoms with E-state index < -0.39 is 0 Å². The average Bonchev–Trinajstić information content (AvgIpc) is 2.57. The van der Waals surface area contributed by atoms with Crippen molar-refractivity contribution in [2.24, 2.45) is 7.05 Å². The van der Waals surface area contributed by atoms with Crippen LogP contribution in [0.4, 0.5) is 0 Å². The molecule has 0 aliphatic carbocycles. The topological polar surface area (TPSA) is 38.1 Å². The Balaban J connectivity index is 2.52. The molecule has 0 fully saturated rings. The second-order valence-electron chi connectivity index (χ2n) is 3.76. The summed E-state index contributed by atoms with van der Waals surface area (Å²) in [6, 6.07) is 8.04. The number of rotatable bonds is 2. The van der Waals surface area contributed by atoms with Crippen LogP contribution < -0.4 is 0 Å². The smallest absolute Gasteiger partial charge is 0.141 e. The molecule has 16 heavy (non-hydrogen) atoms. The van der Waals surface area contributed by atoms with Gasteiger partial charge in [-0.2, -0.15) is 0 Å². The number of benzene rings is 1. The molecular weight excluding hydrogens is 224 g/mol. The summed E-state index contributed by atoms with van der Waals surface area (Å²) in [4.78, 5) is 4.31. The summed E-state index contributed by atoms with van der Waals surface area (Å²) in [5, 5.41) is 9.57. The monoisotopic (exact) mass is 236 g/mol. The van der Waals surface area contributed by atoms with Crippen molar-refractivity contribution >= 4 is 11.6 Å². The van der Waals surface area contributed by atoms with Gasteiger partial charge in [0.1, 0.15) is 16.7 Å². The summed E-state index contributed by atoms with van der Waals surface area (Å²) in [6.07, 6.45) is 0. The lowest BCUT2D eigenvalue weighted by atomic mass is 10.1. The number of aryl methyl sites for hydroxylation is 1. The molecule has 0 saturated carbocycles. The van der Waals surface area contributed by atoms with Crippen molar-refractivity contribution in [3.8, 4) is 11.4 Å². The molecular formula is C12H13ClN2O. The molecule has 0 saturated heterocycles. The lowest BCUT2D eigenvalue weighted by molar-refractivity contribution is 0.277. The Morgan fingerprint density at radius 3 is 2.44 bits per heavy atom. The Morgan fingerprint density at radius 1 is 1.31 bits per heavy atom. The second-order valence-corrected chi connectivity index (χ2v) is 4.11. The highest BCUT2D eigenvalue weighted by Crippen LogP contribution is 2.24. The maximum Gasteiger partial charge on any atom is 0.141 e. The first kappa shape index (κ1) is 11.2. The van der Waals surface area contributed by atoms with Gasteiger partial charge in [0.25, 0.3) is 0 Å². The molecule has 1 N–H and O–H groups in total. The lowest BCUT2D eigenvalue weighted by Crippen LogP contribution is -1.92. The number of hydrogen-bond donors (Lipinski definition) is 1. The molecule has 2 rings (SSSR count). The van der Waals surface area contributed by atoms with Crippen LogP contribution in [0.5, 0.6) is 0 Å². The number of aromatic nitrogens is 2. The first-order valence-corrected chi connectivity index (χ1v) is 5.40. The van der Waals surface area contributed by atoms with Crippen molar-refractivity contribution in [1.29, 1.82) is 0 Å². The molecule has 84 valence electrons. The number of hydrogen-bond acceptors (Lipinski definition) is 2. The van der Waals surface area contributed by atoms with Gasteiger partial charge in [0, 0.05) is 12.6 Å². The van der Waals surface area contributed by atoms with E-state index in [9.17, 15) is 0 Å². The standard InChI is InChI=1S/C12H13ClN2O/c1-8-3-5-9(6-4-8)12-14-10(7-16)11(13)15(12)2/h3-6,16H,7H2,1-2H3. The van der Waals surface area contributed by atoms with Gasteiger partial charge in [-0.05, 0) is 6.92 Å². The summed E-state index contributed by atoms with van der Waals surface area (Å²) in [7, 11) is 1.84. The first-order chi connectivity index (χ1) is 7.63. The Labute approximate surface area is 99.3 Å². The summed E-state index contributed by atoms with van der Waals surface area (Å²) in [5.41, 5.74) is 2.71. The second kappa shape index (κ2) is 4.28. The molecule has 1 heterocycles. The van der Waals surface area contributed by atoms with Gasteiger partial charge in [-0.25, -0.2) is 4.98 Å². The van der Waals surface area contributed by atoms with E-state index in [1.165, 1.54) is 5.56 Å². The van der Waals surface area contributed by atoms with Gasteiger partial charge in [-0.15, -0.1) is 0 Å². The molecule has 0 amide bonds. The zero-order chi connectivity index (χ0) is 11.7. The van der Waals surface area contributed by atoms with E-state index >= 15 is 0 Å². The highest BCUT2D eigenvalue weighted by Gasteiger charge is 2.13. The van der Waals surface area contributed by atoms with Gasteiger partial charge in [0.05, 0.1) is 6.61 Å². The van der Waals surface area contributed by atoms with Gasteiger partial charge in [-0.1, -0.05) is 41.4 Å². The SMILES string of the molecule is Cc1ccc(-c2nc(CO)c(Cl)n2C)cc1. The Morgan fingerprint density at radius 2 is 1.94 bits per heavy atom. The maximum atomic E-state index is 9.09. The summed E-state index contributed by atoms with van der Waals surface area (Å²) in [6.45, 7) is 1.90. The lowest BCUT2D eigenvalue weighted by Gasteiger charge is -2.02. The van der Waals surface area contributed by atoms with Crippen LogP contribution in [-0.2, 0) is 13.7 Å². The first-order valence-electron chi connectivity index (χ1n) is 5.02. The largest absolute Gasteiger partial charge is 0.390 e. The van der Waals surface area contributed by atoms with Crippen molar-refractivity contribution in [3.63, 3.8) is 0 Å². The van der Waals surface area contributed by atoms with E-state index in [0.717, 1.165) is 11.4 Å². The molecule has 2 aromatic rings. The molecule has 0 bridgehead atoms. The summed E-state index contributed by atoms with van der Waals surface area (Å²) < 4.78 is 1.78. The Kier molecular flexibility index (Phi) is 2.99. The minimum Gasteiger partial charge on any atom is -0.390 e. The third kappa shape index (κ3) is 1.84. The third-order valence-electron chi connectivity index (χ3n) is 2.55. The van der Waals surface area contributed by atoms with E-state index in [-0.39, 0.29) is 6.61 Å². The van der Waals surface area contributed by atoms with E-state index in [0.29, 0.717) is 10.8 Å². The van der Waals surface area contributed by atoms with Crippen LogP contribution in [0.2, 0.25) is 5.15 Å². The Bertz CT molecular complexity index is 502. The van der Waals surface area contributed by atoms with Crippen molar-refractivity contribution < 1.29 is 5.11 Å². The molecule has 1 aromatic carbocycles. The predicted molar refractivity (Wildman–Crippen MR) is 64.3 cm³/mol. The summed E-state index contributed by atoms with van der Waals surface area (Å²) >= 11 is 6.04. The maximum absolute atomic E-state index is 9.09. The highest BCUT2D eigenvalue weighted by atomic mass is 35.5. The van der Waals surface area contributed by atoms with E-state index in [4.69, 9.17) is 16.7 Å². The summed E-state index contributed by atoms with van der Waals surface area (Å²) in [5.74, 6) is 0.772. The highest BCUT2D eigenvalue weighted by molar-refractivity contribution is 6.30. The quantitative estimate of drug-likeness (QED) is 0.870. The number of aliphatic hydroxyl groups is 1. The molecule has 0 aliphatic rings. The van der Waals surface area contributed by atoms with Crippen molar-refractivity contribution in [1.82, 2.24) is 9.55 Å².